The fourth-order valence-electron chi connectivity index (χ4n) is 1.68. The normalized spacial score (nSPS) is 20.9. The predicted octanol–water partition coefficient (Wildman–Crippen LogP) is 1.80. The molecule has 1 aliphatic rings. The Morgan fingerprint density at radius 1 is 1.57 bits per heavy atom. The number of rotatable bonds is 3. The molecule has 3 nitrogen and oxygen atoms in total. The van der Waals surface area contributed by atoms with Crippen LogP contribution in [0.5, 0.6) is 0 Å². The van der Waals surface area contributed by atoms with E-state index in [2.05, 4.69) is 15.9 Å². The molecule has 1 heterocycles. The second kappa shape index (κ2) is 5.71. The van der Waals surface area contributed by atoms with Gasteiger partial charge in [0.05, 0.1) is 10.9 Å². The summed E-state index contributed by atoms with van der Waals surface area (Å²) < 4.78 is 5.26. The molecule has 0 radical (unpaired) electrons. The summed E-state index contributed by atoms with van der Waals surface area (Å²) >= 11 is 3.39. The molecule has 1 aliphatic heterocycles. The molecule has 1 amide bonds. The first-order chi connectivity index (χ1) is 6.69. The summed E-state index contributed by atoms with van der Waals surface area (Å²) in [5, 5.41) is 0. The summed E-state index contributed by atoms with van der Waals surface area (Å²) in [6.45, 7) is 3.68. The van der Waals surface area contributed by atoms with Gasteiger partial charge in [0.1, 0.15) is 0 Å². The van der Waals surface area contributed by atoms with Crippen LogP contribution in [0.2, 0.25) is 0 Å². The molecule has 14 heavy (non-hydrogen) atoms. The van der Waals surface area contributed by atoms with Gasteiger partial charge in [0, 0.05) is 20.2 Å². The van der Waals surface area contributed by atoms with Crippen molar-refractivity contribution in [3.8, 4) is 0 Å². The van der Waals surface area contributed by atoms with E-state index in [1.54, 1.807) is 7.11 Å². The third kappa shape index (κ3) is 2.95. The van der Waals surface area contributed by atoms with Gasteiger partial charge < -0.3 is 9.64 Å². The Labute approximate surface area is 93.9 Å². The second-order valence-corrected chi connectivity index (χ2v) is 4.74. The van der Waals surface area contributed by atoms with Gasteiger partial charge in [-0.2, -0.15) is 0 Å². The molecule has 0 N–H and O–H groups in total. The number of likely N-dealkylation sites (tertiary alicyclic amines) is 1. The molecule has 0 aromatic rings. The van der Waals surface area contributed by atoms with Crippen molar-refractivity contribution in [3.05, 3.63) is 0 Å². The van der Waals surface area contributed by atoms with Crippen LogP contribution in [0.1, 0.15) is 26.2 Å². The van der Waals surface area contributed by atoms with Gasteiger partial charge in [-0.05, 0) is 19.3 Å². The fourth-order valence-corrected chi connectivity index (χ4v) is 1.97. The first-order valence-electron chi connectivity index (χ1n) is 5.14. The standard InChI is InChI=1S/C10H18BrNO2/c1-3-9(11)10(13)12-6-4-8(14-2)5-7-12/h8-9H,3-7H2,1-2H3. The molecule has 1 atom stereocenters. The summed E-state index contributed by atoms with van der Waals surface area (Å²) in [4.78, 5) is 13.7. The lowest BCUT2D eigenvalue weighted by atomic mass is 10.1. The van der Waals surface area contributed by atoms with E-state index in [1.165, 1.54) is 0 Å². The number of alkyl halides is 1. The van der Waals surface area contributed by atoms with Crippen molar-refractivity contribution in [1.82, 2.24) is 4.90 Å². The zero-order chi connectivity index (χ0) is 10.6. The van der Waals surface area contributed by atoms with Crippen molar-refractivity contribution in [2.24, 2.45) is 0 Å². The summed E-state index contributed by atoms with van der Waals surface area (Å²) in [7, 11) is 1.74. The van der Waals surface area contributed by atoms with E-state index in [0.717, 1.165) is 32.4 Å². The molecule has 4 heteroatoms. The van der Waals surface area contributed by atoms with E-state index < -0.39 is 0 Å². The van der Waals surface area contributed by atoms with E-state index in [4.69, 9.17) is 4.74 Å². The third-order valence-electron chi connectivity index (χ3n) is 2.71. The minimum atomic E-state index is -0.0124. The zero-order valence-electron chi connectivity index (χ0n) is 8.83. The lowest BCUT2D eigenvalue weighted by molar-refractivity contribution is -0.132. The average Bonchev–Trinajstić information content (AvgIpc) is 2.27. The molecular formula is C10H18BrNO2. The van der Waals surface area contributed by atoms with E-state index in [1.807, 2.05) is 11.8 Å². The predicted molar refractivity (Wildman–Crippen MR) is 59.6 cm³/mol. The number of piperidine rings is 1. The quantitative estimate of drug-likeness (QED) is 0.727. The van der Waals surface area contributed by atoms with Gasteiger partial charge in [-0.25, -0.2) is 0 Å². The fraction of sp³-hybridized carbons (Fsp3) is 0.900. The summed E-state index contributed by atoms with van der Waals surface area (Å²) in [5.41, 5.74) is 0. The molecule has 0 spiro atoms. The number of halogens is 1. The van der Waals surface area contributed by atoms with Crippen LogP contribution < -0.4 is 0 Å². The van der Waals surface area contributed by atoms with Crippen molar-refractivity contribution in [2.45, 2.75) is 37.1 Å². The van der Waals surface area contributed by atoms with Gasteiger partial charge in [0.2, 0.25) is 5.91 Å². The van der Waals surface area contributed by atoms with E-state index in [-0.39, 0.29) is 10.7 Å². The van der Waals surface area contributed by atoms with Crippen LogP contribution >= 0.6 is 15.9 Å². The van der Waals surface area contributed by atoms with Crippen LogP contribution in [0.3, 0.4) is 0 Å². The third-order valence-corrected chi connectivity index (χ3v) is 3.75. The largest absolute Gasteiger partial charge is 0.381 e. The van der Waals surface area contributed by atoms with Crippen molar-refractivity contribution >= 4 is 21.8 Å². The number of carbonyl (C=O) groups excluding carboxylic acids is 1. The number of carbonyl (C=O) groups is 1. The first kappa shape index (κ1) is 12.0. The summed E-state index contributed by atoms with van der Waals surface area (Å²) in [6, 6.07) is 0. The molecule has 0 aromatic carbocycles. The monoisotopic (exact) mass is 263 g/mol. The molecule has 0 bridgehead atoms. The minimum Gasteiger partial charge on any atom is -0.381 e. The van der Waals surface area contributed by atoms with Gasteiger partial charge >= 0.3 is 0 Å². The molecular weight excluding hydrogens is 246 g/mol. The van der Waals surface area contributed by atoms with Gasteiger partial charge in [0.25, 0.3) is 0 Å². The van der Waals surface area contributed by atoms with Crippen LogP contribution in [0.15, 0.2) is 0 Å². The smallest absolute Gasteiger partial charge is 0.236 e. The van der Waals surface area contributed by atoms with Gasteiger partial charge in [0.15, 0.2) is 0 Å². The maximum Gasteiger partial charge on any atom is 0.236 e. The van der Waals surface area contributed by atoms with Crippen molar-refractivity contribution < 1.29 is 9.53 Å². The molecule has 1 fully saturated rings. The van der Waals surface area contributed by atoms with Crippen LogP contribution in [0.25, 0.3) is 0 Å². The number of ether oxygens (including phenoxy) is 1. The lowest BCUT2D eigenvalue weighted by Crippen LogP contribution is -2.43. The lowest BCUT2D eigenvalue weighted by Gasteiger charge is -2.32. The zero-order valence-corrected chi connectivity index (χ0v) is 10.4. The maximum atomic E-state index is 11.8. The first-order valence-corrected chi connectivity index (χ1v) is 6.06. The number of hydrogen-bond acceptors (Lipinski definition) is 2. The molecule has 0 aliphatic carbocycles. The van der Waals surface area contributed by atoms with Crippen LogP contribution in [-0.4, -0.2) is 41.9 Å². The average molecular weight is 264 g/mol. The highest BCUT2D eigenvalue weighted by Gasteiger charge is 2.25. The Morgan fingerprint density at radius 3 is 2.57 bits per heavy atom. The molecule has 1 rings (SSSR count). The van der Waals surface area contributed by atoms with Gasteiger partial charge in [-0.3, -0.25) is 4.79 Å². The molecule has 1 unspecified atom stereocenters. The highest BCUT2D eigenvalue weighted by Crippen LogP contribution is 2.16. The Morgan fingerprint density at radius 2 is 2.14 bits per heavy atom. The number of nitrogens with zero attached hydrogens (tertiary/aromatic N) is 1. The van der Waals surface area contributed by atoms with Gasteiger partial charge in [-0.15, -0.1) is 0 Å². The van der Waals surface area contributed by atoms with E-state index in [9.17, 15) is 4.79 Å². The SMILES string of the molecule is CCC(Br)C(=O)N1CCC(OC)CC1. The summed E-state index contributed by atoms with van der Waals surface area (Å²) in [6.07, 6.45) is 3.12. The summed E-state index contributed by atoms with van der Waals surface area (Å²) in [5.74, 6) is 0.224. The highest BCUT2D eigenvalue weighted by molar-refractivity contribution is 9.10. The Hall–Kier alpha value is -0.0900. The van der Waals surface area contributed by atoms with Crippen molar-refractivity contribution in [2.75, 3.05) is 20.2 Å². The maximum absolute atomic E-state index is 11.8. The second-order valence-electron chi connectivity index (χ2n) is 3.64. The molecule has 0 saturated carbocycles. The van der Waals surface area contributed by atoms with Crippen LogP contribution in [0.4, 0.5) is 0 Å². The van der Waals surface area contributed by atoms with E-state index in [0.29, 0.717) is 6.10 Å². The molecule has 0 aromatic heterocycles. The number of amides is 1. The van der Waals surface area contributed by atoms with Crippen LogP contribution in [0, 0.1) is 0 Å². The Bertz CT molecular complexity index is 191. The molecule has 82 valence electrons. The van der Waals surface area contributed by atoms with Crippen molar-refractivity contribution in [3.63, 3.8) is 0 Å². The minimum absolute atomic E-state index is 0.0124. The highest BCUT2D eigenvalue weighted by atomic mass is 79.9. The van der Waals surface area contributed by atoms with E-state index >= 15 is 0 Å². The number of methoxy groups -OCH3 is 1. The Kier molecular flexibility index (Phi) is 4.89. The van der Waals surface area contributed by atoms with Gasteiger partial charge in [-0.1, -0.05) is 22.9 Å². The number of hydrogen-bond donors (Lipinski definition) is 0. The van der Waals surface area contributed by atoms with Crippen LogP contribution in [-0.2, 0) is 9.53 Å². The Balaban J connectivity index is 2.37. The topological polar surface area (TPSA) is 29.5 Å². The van der Waals surface area contributed by atoms with Crippen molar-refractivity contribution in [1.29, 1.82) is 0 Å². The molecule has 1 saturated heterocycles.